The number of nitrogens with two attached hydrogens (primary N) is 1. The van der Waals surface area contributed by atoms with E-state index in [1.807, 2.05) is 24.3 Å². The van der Waals surface area contributed by atoms with E-state index < -0.39 is 10.0 Å². The molecule has 5 rings (SSSR count). The lowest BCUT2D eigenvalue weighted by molar-refractivity contribution is -0.114. The van der Waals surface area contributed by atoms with Crippen molar-refractivity contribution in [1.29, 1.82) is 0 Å². The standard InChI is InChI=1S/C27H27N5O3S/c1-20-26(27(33)32(29-20)24-8-5-9-25(19-24)36(28,34)35)18-21-10-12-23(13-11-21)31-16-14-30(15-17-31)22-6-3-2-4-7-22/h2-13,18-19H,14-17H2,1H3,(H2,28,34,35)/b26-18-. The molecule has 2 aliphatic rings. The van der Waals surface area contributed by atoms with E-state index in [1.54, 1.807) is 13.0 Å². The third kappa shape index (κ3) is 4.89. The summed E-state index contributed by atoms with van der Waals surface area (Å²) in [4.78, 5) is 17.8. The molecular weight excluding hydrogens is 474 g/mol. The molecule has 2 aliphatic heterocycles. The summed E-state index contributed by atoms with van der Waals surface area (Å²) in [6.45, 7) is 5.55. The average Bonchev–Trinajstić information content (AvgIpc) is 3.18. The molecule has 1 amide bonds. The molecule has 0 atom stereocenters. The molecule has 8 nitrogen and oxygen atoms in total. The van der Waals surface area contributed by atoms with Gasteiger partial charge in [0.1, 0.15) is 0 Å². The number of hydrogen-bond donors (Lipinski definition) is 1. The minimum Gasteiger partial charge on any atom is -0.368 e. The van der Waals surface area contributed by atoms with Crippen LogP contribution in [0.4, 0.5) is 17.1 Å². The molecule has 9 heteroatoms. The molecule has 0 aliphatic carbocycles. The van der Waals surface area contributed by atoms with Gasteiger partial charge in [-0.1, -0.05) is 36.4 Å². The zero-order valence-corrected chi connectivity index (χ0v) is 20.7. The molecule has 3 aromatic rings. The predicted octanol–water partition coefficient (Wildman–Crippen LogP) is 3.47. The smallest absolute Gasteiger partial charge is 0.280 e. The van der Waals surface area contributed by atoms with Crippen molar-refractivity contribution < 1.29 is 13.2 Å². The van der Waals surface area contributed by atoms with Crippen molar-refractivity contribution in [2.75, 3.05) is 41.0 Å². The summed E-state index contributed by atoms with van der Waals surface area (Å²) < 4.78 is 23.4. The number of hydrazone groups is 1. The van der Waals surface area contributed by atoms with Crippen LogP contribution >= 0.6 is 0 Å². The summed E-state index contributed by atoms with van der Waals surface area (Å²) in [5.74, 6) is -0.319. The molecule has 36 heavy (non-hydrogen) atoms. The number of carbonyl (C=O) groups excluding carboxylic acids is 1. The highest BCUT2D eigenvalue weighted by Gasteiger charge is 2.29. The monoisotopic (exact) mass is 501 g/mol. The van der Waals surface area contributed by atoms with Crippen molar-refractivity contribution in [1.82, 2.24) is 0 Å². The average molecular weight is 502 g/mol. The van der Waals surface area contributed by atoms with Crippen LogP contribution in [-0.4, -0.2) is 46.2 Å². The van der Waals surface area contributed by atoms with Crippen LogP contribution in [0.2, 0.25) is 0 Å². The lowest BCUT2D eigenvalue weighted by atomic mass is 10.1. The third-order valence-corrected chi connectivity index (χ3v) is 7.33. The van der Waals surface area contributed by atoms with Crippen molar-refractivity contribution >= 4 is 44.8 Å². The van der Waals surface area contributed by atoms with Crippen molar-refractivity contribution in [3.05, 3.63) is 90.0 Å². The molecule has 3 aromatic carbocycles. The number of nitrogens with zero attached hydrogens (tertiary/aromatic N) is 4. The van der Waals surface area contributed by atoms with Gasteiger partial charge in [-0.2, -0.15) is 10.1 Å². The number of amides is 1. The number of piperazine rings is 1. The third-order valence-electron chi connectivity index (χ3n) is 6.42. The highest BCUT2D eigenvalue weighted by atomic mass is 32.2. The maximum Gasteiger partial charge on any atom is 0.280 e. The number of rotatable bonds is 5. The van der Waals surface area contributed by atoms with Gasteiger partial charge in [0, 0.05) is 37.6 Å². The van der Waals surface area contributed by atoms with Crippen LogP contribution < -0.4 is 19.9 Å². The number of benzene rings is 3. The minimum atomic E-state index is -3.89. The van der Waals surface area contributed by atoms with Gasteiger partial charge < -0.3 is 9.80 Å². The Hall–Kier alpha value is -3.95. The SMILES string of the molecule is CC1=NN(c2cccc(S(N)(=O)=O)c2)C(=O)/C1=C\c1ccc(N2CCN(c3ccccc3)CC2)cc1. The van der Waals surface area contributed by atoms with Crippen molar-refractivity contribution in [3.8, 4) is 0 Å². The van der Waals surface area contributed by atoms with Crippen LogP contribution in [0.25, 0.3) is 6.08 Å². The van der Waals surface area contributed by atoms with E-state index >= 15 is 0 Å². The maximum atomic E-state index is 13.1. The van der Waals surface area contributed by atoms with Gasteiger partial charge in [0.2, 0.25) is 10.0 Å². The molecule has 0 radical (unpaired) electrons. The first kappa shape index (κ1) is 23.8. The fourth-order valence-electron chi connectivity index (χ4n) is 4.46. The quantitative estimate of drug-likeness (QED) is 0.540. The Bertz CT molecular complexity index is 1440. The predicted molar refractivity (Wildman–Crippen MR) is 144 cm³/mol. The van der Waals surface area contributed by atoms with Gasteiger partial charge >= 0.3 is 0 Å². The number of carbonyl (C=O) groups is 1. The van der Waals surface area contributed by atoms with E-state index in [2.05, 4.69) is 51.3 Å². The highest BCUT2D eigenvalue weighted by molar-refractivity contribution is 7.89. The summed E-state index contributed by atoms with van der Waals surface area (Å²) in [6.07, 6.45) is 1.81. The number of anilines is 3. The fraction of sp³-hybridized carbons (Fsp3) is 0.185. The largest absolute Gasteiger partial charge is 0.368 e. The molecular formula is C27H27N5O3S. The second-order valence-corrected chi connectivity index (χ2v) is 10.4. The number of sulfonamides is 1. The van der Waals surface area contributed by atoms with Crippen LogP contribution in [0.3, 0.4) is 0 Å². The second-order valence-electron chi connectivity index (χ2n) is 8.80. The lowest BCUT2D eigenvalue weighted by Crippen LogP contribution is -2.46. The zero-order chi connectivity index (χ0) is 25.3. The maximum absolute atomic E-state index is 13.1. The number of para-hydroxylation sites is 1. The molecule has 1 fully saturated rings. The van der Waals surface area contributed by atoms with Crippen LogP contribution in [-0.2, 0) is 14.8 Å². The minimum absolute atomic E-state index is 0.0710. The van der Waals surface area contributed by atoms with E-state index in [9.17, 15) is 13.2 Å². The normalized spacial score (nSPS) is 17.6. The Labute approximate surface area is 211 Å². The van der Waals surface area contributed by atoms with Crippen molar-refractivity contribution in [3.63, 3.8) is 0 Å². The van der Waals surface area contributed by atoms with Gasteiger partial charge in [0.15, 0.2) is 0 Å². The van der Waals surface area contributed by atoms with Gasteiger partial charge in [-0.15, -0.1) is 0 Å². The zero-order valence-electron chi connectivity index (χ0n) is 19.9. The first-order valence-electron chi connectivity index (χ1n) is 11.7. The molecule has 0 bridgehead atoms. The summed E-state index contributed by atoms with van der Waals surface area (Å²) in [5.41, 5.74) is 4.65. The van der Waals surface area contributed by atoms with Crippen LogP contribution in [0.5, 0.6) is 0 Å². The molecule has 0 saturated carbocycles. The van der Waals surface area contributed by atoms with Gasteiger partial charge in [-0.3, -0.25) is 4.79 Å². The summed E-state index contributed by atoms with van der Waals surface area (Å²) in [7, 11) is -3.89. The number of primary sulfonamides is 1. The summed E-state index contributed by atoms with van der Waals surface area (Å²) in [6, 6.07) is 24.5. The Kier molecular flexibility index (Phi) is 6.34. The molecule has 1 saturated heterocycles. The summed E-state index contributed by atoms with van der Waals surface area (Å²) in [5, 5.41) is 10.8. The van der Waals surface area contributed by atoms with E-state index in [-0.39, 0.29) is 10.8 Å². The lowest BCUT2D eigenvalue weighted by Gasteiger charge is -2.37. The Morgan fingerprint density at radius 3 is 2.00 bits per heavy atom. The van der Waals surface area contributed by atoms with Crippen LogP contribution in [0.15, 0.2) is 94.4 Å². The first-order valence-corrected chi connectivity index (χ1v) is 13.2. The van der Waals surface area contributed by atoms with Crippen molar-refractivity contribution in [2.24, 2.45) is 10.2 Å². The Morgan fingerprint density at radius 1 is 0.806 bits per heavy atom. The highest BCUT2D eigenvalue weighted by Crippen LogP contribution is 2.27. The molecule has 184 valence electrons. The first-order chi connectivity index (χ1) is 17.3. The van der Waals surface area contributed by atoms with Gasteiger partial charge in [0.05, 0.1) is 21.9 Å². The molecule has 0 unspecified atom stereocenters. The topological polar surface area (TPSA) is 99.3 Å². The molecule has 0 aromatic heterocycles. The summed E-state index contributed by atoms with van der Waals surface area (Å²) >= 11 is 0. The van der Waals surface area contributed by atoms with Crippen LogP contribution in [0, 0.1) is 0 Å². The van der Waals surface area contributed by atoms with Gasteiger partial charge in [0.25, 0.3) is 5.91 Å². The Morgan fingerprint density at radius 2 is 1.39 bits per heavy atom. The van der Waals surface area contributed by atoms with Gasteiger partial charge in [-0.25, -0.2) is 13.6 Å². The van der Waals surface area contributed by atoms with E-state index in [0.29, 0.717) is 17.0 Å². The molecule has 2 N–H and O–H groups in total. The van der Waals surface area contributed by atoms with E-state index in [1.165, 1.54) is 28.9 Å². The second kappa shape index (κ2) is 9.60. The fourth-order valence-corrected chi connectivity index (χ4v) is 5.01. The van der Waals surface area contributed by atoms with Crippen molar-refractivity contribution in [2.45, 2.75) is 11.8 Å². The van der Waals surface area contributed by atoms with E-state index in [0.717, 1.165) is 37.4 Å². The number of hydrogen-bond acceptors (Lipinski definition) is 6. The van der Waals surface area contributed by atoms with Gasteiger partial charge in [-0.05, 0) is 61.0 Å². The van der Waals surface area contributed by atoms with E-state index in [4.69, 9.17) is 5.14 Å². The molecule has 0 spiro atoms. The Balaban J connectivity index is 1.28. The van der Waals surface area contributed by atoms with Crippen LogP contribution in [0.1, 0.15) is 12.5 Å². The molecule has 2 heterocycles.